The molecule has 0 aromatic rings. The molecule has 1 aliphatic rings. The van der Waals surface area contributed by atoms with Gasteiger partial charge in [0.2, 0.25) is 0 Å². The van der Waals surface area contributed by atoms with E-state index in [1.54, 1.807) is 27.7 Å². The molecule has 0 radical (unpaired) electrons. The van der Waals surface area contributed by atoms with E-state index >= 15 is 0 Å². The Labute approximate surface area is 119 Å². The number of ether oxygens (including phenoxy) is 2. The number of rotatable bonds is 2. The zero-order chi connectivity index (χ0) is 15.4. The van der Waals surface area contributed by atoms with Crippen molar-refractivity contribution in [2.75, 3.05) is 19.7 Å². The van der Waals surface area contributed by atoms with Gasteiger partial charge in [-0.1, -0.05) is 0 Å². The highest BCUT2D eigenvalue weighted by atomic mass is 16.6. The summed E-state index contributed by atoms with van der Waals surface area (Å²) >= 11 is 0. The number of esters is 1. The molecule has 6 nitrogen and oxygen atoms in total. The SMILES string of the molecule is CCOC(=O)C1(C#N)CCCN(C(=O)OC(C)(C)C)C1. The summed E-state index contributed by atoms with van der Waals surface area (Å²) in [5.74, 6) is -0.559. The first-order valence-electron chi connectivity index (χ1n) is 6.80. The third-order valence-electron chi connectivity index (χ3n) is 3.02. The molecule has 0 aromatic carbocycles. The van der Waals surface area contributed by atoms with Crippen LogP contribution < -0.4 is 0 Å². The Hall–Kier alpha value is -1.77. The van der Waals surface area contributed by atoms with E-state index < -0.39 is 23.1 Å². The molecule has 1 saturated heterocycles. The van der Waals surface area contributed by atoms with Crippen molar-refractivity contribution in [3.8, 4) is 6.07 Å². The number of nitriles is 1. The minimum Gasteiger partial charge on any atom is -0.465 e. The van der Waals surface area contributed by atoms with Gasteiger partial charge in [0.1, 0.15) is 5.60 Å². The first-order valence-corrected chi connectivity index (χ1v) is 6.80. The van der Waals surface area contributed by atoms with Crippen LogP contribution in [-0.4, -0.2) is 42.3 Å². The summed E-state index contributed by atoms with van der Waals surface area (Å²) in [7, 11) is 0. The molecule has 0 N–H and O–H groups in total. The molecule has 1 fully saturated rings. The Balaban J connectivity index is 2.82. The molecule has 1 rings (SSSR count). The number of likely N-dealkylation sites (tertiary alicyclic amines) is 1. The van der Waals surface area contributed by atoms with Crippen LogP contribution in [-0.2, 0) is 14.3 Å². The Morgan fingerprint density at radius 1 is 1.40 bits per heavy atom. The van der Waals surface area contributed by atoms with E-state index in [4.69, 9.17) is 9.47 Å². The van der Waals surface area contributed by atoms with Crippen LogP contribution in [0.1, 0.15) is 40.5 Å². The number of amides is 1. The normalized spacial score (nSPS) is 22.9. The smallest absolute Gasteiger partial charge is 0.410 e. The number of hydrogen-bond donors (Lipinski definition) is 0. The fraction of sp³-hybridized carbons (Fsp3) is 0.786. The van der Waals surface area contributed by atoms with Crippen LogP contribution in [0, 0.1) is 16.7 Å². The Bertz CT molecular complexity index is 422. The van der Waals surface area contributed by atoms with Crippen molar-refractivity contribution in [2.24, 2.45) is 5.41 Å². The quantitative estimate of drug-likeness (QED) is 0.724. The third kappa shape index (κ3) is 3.86. The van der Waals surface area contributed by atoms with Gasteiger partial charge in [0.15, 0.2) is 5.41 Å². The number of piperidine rings is 1. The number of carbonyl (C=O) groups excluding carboxylic acids is 2. The molecule has 0 aliphatic carbocycles. The van der Waals surface area contributed by atoms with Crippen LogP contribution >= 0.6 is 0 Å². The zero-order valence-corrected chi connectivity index (χ0v) is 12.6. The van der Waals surface area contributed by atoms with Crippen LogP contribution in [0.3, 0.4) is 0 Å². The van der Waals surface area contributed by atoms with Gasteiger partial charge in [0, 0.05) is 6.54 Å². The summed E-state index contributed by atoms with van der Waals surface area (Å²) in [5.41, 5.74) is -1.88. The van der Waals surface area contributed by atoms with Crippen molar-refractivity contribution in [1.82, 2.24) is 4.90 Å². The maximum absolute atomic E-state index is 12.0. The van der Waals surface area contributed by atoms with Gasteiger partial charge in [-0.05, 0) is 40.5 Å². The van der Waals surface area contributed by atoms with E-state index in [2.05, 4.69) is 0 Å². The fourth-order valence-corrected chi connectivity index (χ4v) is 2.11. The highest BCUT2D eigenvalue weighted by molar-refractivity contribution is 5.81. The molecule has 1 aliphatic heterocycles. The fourth-order valence-electron chi connectivity index (χ4n) is 2.11. The van der Waals surface area contributed by atoms with Gasteiger partial charge < -0.3 is 14.4 Å². The maximum Gasteiger partial charge on any atom is 0.410 e. The van der Waals surface area contributed by atoms with E-state index in [1.807, 2.05) is 6.07 Å². The van der Waals surface area contributed by atoms with Gasteiger partial charge in [-0.25, -0.2) is 4.79 Å². The van der Waals surface area contributed by atoms with E-state index in [0.29, 0.717) is 19.4 Å². The van der Waals surface area contributed by atoms with Gasteiger partial charge in [0.25, 0.3) is 0 Å². The second-order valence-corrected chi connectivity index (χ2v) is 5.92. The minimum absolute atomic E-state index is 0.0250. The highest BCUT2D eigenvalue weighted by Crippen LogP contribution is 2.31. The van der Waals surface area contributed by atoms with Crippen LogP contribution in [0.4, 0.5) is 4.79 Å². The molecule has 20 heavy (non-hydrogen) atoms. The molecule has 0 bridgehead atoms. The monoisotopic (exact) mass is 282 g/mol. The Kier molecular flexibility index (Phi) is 4.98. The standard InChI is InChI=1S/C14H22N2O4/c1-5-19-11(17)14(9-15)7-6-8-16(10-14)12(18)20-13(2,3)4/h5-8,10H2,1-4H3. The van der Waals surface area contributed by atoms with Crippen molar-refractivity contribution in [2.45, 2.75) is 46.1 Å². The predicted molar refractivity (Wildman–Crippen MR) is 71.7 cm³/mol. The first kappa shape index (κ1) is 16.3. The summed E-state index contributed by atoms with van der Waals surface area (Å²) in [6.07, 6.45) is 0.480. The van der Waals surface area contributed by atoms with E-state index in [0.717, 1.165) is 0 Å². The molecule has 1 amide bonds. The molecule has 1 unspecified atom stereocenters. The van der Waals surface area contributed by atoms with E-state index in [9.17, 15) is 14.9 Å². The number of nitrogens with zero attached hydrogens (tertiary/aromatic N) is 2. The molecule has 112 valence electrons. The summed E-state index contributed by atoms with van der Waals surface area (Å²) < 4.78 is 10.2. The average molecular weight is 282 g/mol. The van der Waals surface area contributed by atoms with Gasteiger partial charge >= 0.3 is 12.1 Å². The van der Waals surface area contributed by atoms with Gasteiger partial charge in [-0.3, -0.25) is 4.79 Å². The summed E-state index contributed by atoms with van der Waals surface area (Å²) in [6.45, 7) is 7.74. The largest absolute Gasteiger partial charge is 0.465 e. The lowest BCUT2D eigenvalue weighted by Gasteiger charge is -2.37. The number of hydrogen-bond acceptors (Lipinski definition) is 5. The second-order valence-electron chi connectivity index (χ2n) is 5.92. The van der Waals surface area contributed by atoms with Crippen molar-refractivity contribution < 1.29 is 19.1 Å². The van der Waals surface area contributed by atoms with Crippen LogP contribution in [0.25, 0.3) is 0 Å². The van der Waals surface area contributed by atoms with Crippen LogP contribution in [0.15, 0.2) is 0 Å². The maximum atomic E-state index is 12.0. The Morgan fingerprint density at radius 2 is 2.05 bits per heavy atom. The topological polar surface area (TPSA) is 79.6 Å². The van der Waals surface area contributed by atoms with Gasteiger partial charge in [0.05, 0.1) is 19.2 Å². The van der Waals surface area contributed by atoms with Crippen molar-refractivity contribution in [3.05, 3.63) is 0 Å². The van der Waals surface area contributed by atoms with Gasteiger partial charge in [-0.15, -0.1) is 0 Å². The lowest BCUT2D eigenvalue weighted by Crippen LogP contribution is -2.51. The summed E-state index contributed by atoms with van der Waals surface area (Å²) in [5, 5.41) is 9.34. The molecule has 6 heteroatoms. The molecular formula is C14H22N2O4. The second kappa shape index (κ2) is 6.12. The molecule has 0 spiro atoms. The van der Waals surface area contributed by atoms with Crippen molar-refractivity contribution in [3.63, 3.8) is 0 Å². The summed E-state index contributed by atoms with van der Waals surface area (Å²) in [4.78, 5) is 25.4. The molecule has 0 saturated carbocycles. The predicted octanol–water partition coefficient (Wildman–Crippen LogP) is 2.09. The minimum atomic E-state index is -1.27. The lowest BCUT2D eigenvalue weighted by molar-refractivity contribution is -0.154. The van der Waals surface area contributed by atoms with E-state index in [-0.39, 0.29) is 13.2 Å². The van der Waals surface area contributed by atoms with Crippen LogP contribution in [0.2, 0.25) is 0 Å². The van der Waals surface area contributed by atoms with Gasteiger partial charge in [-0.2, -0.15) is 5.26 Å². The molecule has 0 aromatic heterocycles. The first-order chi connectivity index (χ1) is 9.24. The highest BCUT2D eigenvalue weighted by Gasteiger charge is 2.46. The zero-order valence-electron chi connectivity index (χ0n) is 12.6. The van der Waals surface area contributed by atoms with Crippen molar-refractivity contribution >= 4 is 12.1 Å². The third-order valence-corrected chi connectivity index (χ3v) is 3.02. The van der Waals surface area contributed by atoms with E-state index in [1.165, 1.54) is 4.90 Å². The van der Waals surface area contributed by atoms with Crippen LogP contribution in [0.5, 0.6) is 0 Å². The molecular weight excluding hydrogens is 260 g/mol. The number of carbonyl (C=O) groups is 2. The Morgan fingerprint density at radius 3 is 2.55 bits per heavy atom. The lowest BCUT2D eigenvalue weighted by atomic mass is 9.81. The van der Waals surface area contributed by atoms with Crippen molar-refractivity contribution in [1.29, 1.82) is 5.26 Å². The molecule has 1 atom stereocenters. The average Bonchev–Trinajstić information content (AvgIpc) is 2.37. The summed E-state index contributed by atoms with van der Waals surface area (Å²) in [6, 6.07) is 2.03. The molecule has 1 heterocycles.